The Morgan fingerprint density at radius 1 is 1.50 bits per heavy atom. The highest BCUT2D eigenvalue weighted by Gasteiger charge is 2.22. The van der Waals surface area contributed by atoms with Gasteiger partial charge in [0.1, 0.15) is 10.3 Å². The molecule has 0 aliphatic carbocycles. The summed E-state index contributed by atoms with van der Waals surface area (Å²) in [6, 6.07) is 3.25. The summed E-state index contributed by atoms with van der Waals surface area (Å²) >= 11 is 11.6. The smallest absolute Gasteiger partial charge is 0.254 e. The molecule has 2 heterocycles. The summed E-state index contributed by atoms with van der Waals surface area (Å²) in [4.78, 5) is 15.9. The van der Waals surface area contributed by atoms with Gasteiger partial charge >= 0.3 is 0 Å². The van der Waals surface area contributed by atoms with Gasteiger partial charge in [0.05, 0.1) is 11.7 Å². The van der Waals surface area contributed by atoms with Gasteiger partial charge in [0.25, 0.3) is 5.91 Å². The third kappa shape index (κ3) is 3.34. The first-order chi connectivity index (χ1) is 8.56. The fourth-order valence-corrected chi connectivity index (χ4v) is 2.40. The van der Waals surface area contributed by atoms with E-state index in [1.54, 1.807) is 12.1 Å². The van der Waals surface area contributed by atoms with Crippen LogP contribution in [0.15, 0.2) is 12.1 Å². The number of rotatable bonds is 2. The number of aromatic nitrogens is 1. The van der Waals surface area contributed by atoms with E-state index in [9.17, 15) is 4.79 Å². The van der Waals surface area contributed by atoms with E-state index in [2.05, 4.69) is 10.3 Å². The van der Waals surface area contributed by atoms with Crippen molar-refractivity contribution < 1.29 is 9.53 Å². The van der Waals surface area contributed by atoms with Gasteiger partial charge in [-0.2, -0.15) is 0 Å². The zero-order valence-electron chi connectivity index (χ0n) is 9.95. The zero-order chi connectivity index (χ0) is 13.1. The average molecular weight is 289 g/mol. The maximum Gasteiger partial charge on any atom is 0.254 e. The summed E-state index contributed by atoms with van der Waals surface area (Å²) in [5, 5.41) is 3.34. The third-order valence-electron chi connectivity index (χ3n) is 2.88. The minimum absolute atomic E-state index is 0.119. The normalized spacial score (nSPS) is 23.7. The van der Waals surface area contributed by atoms with Crippen LogP contribution in [-0.4, -0.2) is 29.6 Å². The molecule has 98 valence electrons. The van der Waals surface area contributed by atoms with Crippen molar-refractivity contribution in [2.24, 2.45) is 0 Å². The lowest BCUT2D eigenvalue weighted by Gasteiger charge is -2.27. The molecule has 1 aliphatic heterocycles. The van der Waals surface area contributed by atoms with Gasteiger partial charge in [-0.3, -0.25) is 4.79 Å². The van der Waals surface area contributed by atoms with Gasteiger partial charge in [-0.25, -0.2) is 4.98 Å². The molecule has 1 saturated heterocycles. The van der Waals surface area contributed by atoms with Crippen LogP contribution in [0.4, 0.5) is 0 Å². The van der Waals surface area contributed by atoms with Crippen LogP contribution < -0.4 is 5.32 Å². The molecule has 1 fully saturated rings. The van der Waals surface area contributed by atoms with E-state index in [0.29, 0.717) is 12.2 Å². The van der Waals surface area contributed by atoms with Crippen molar-refractivity contribution in [2.45, 2.75) is 31.9 Å². The number of nitrogens with zero attached hydrogens (tertiary/aromatic N) is 1. The van der Waals surface area contributed by atoms with Gasteiger partial charge in [0.2, 0.25) is 0 Å². The SMILES string of the molecule is CC1CC(NC(=O)c2ccc(Cl)nc2Cl)CCO1. The number of nitrogens with one attached hydrogen (secondary N) is 1. The molecule has 1 amide bonds. The number of carbonyl (C=O) groups is 1. The third-order valence-corrected chi connectivity index (χ3v) is 3.38. The summed E-state index contributed by atoms with van der Waals surface area (Å²) < 4.78 is 5.43. The highest BCUT2D eigenvalue weighted by Crippen LogP contribution is 2.18. The van der Waals surface area contributed by atoms with Gasteiger partial charge in [0.15, 0.2) is 0 Å². The second kappa shape index (κ2) is 5.87. The molecule has 2 atom stereocenters. The van der Waals surface area contributed by atoms with Crippen LogP contribution in [0, 0.1) is 0 Å². The second-order valence-corrected chi connectivity index (χ2v) is 5.09. The number of amides is 1. The van der Waals surface area contributed by atoms with Crippen LogP contribution in [0.25, 0.3) is 0 Å². The summed E-state index contributed by atoms with van der Waals surface area (Å²) in [5.41, 5.74) is 0.347. The van der Waals surface area contributed by atoms with Crippen LogP contribution in [0.1, 0.15) is 30.1 Å². The van der Waals surface area contributed by atoms with Crippen LogP contribution >= 0.6 is 23.2 Å². The second-order valence-electron chi connectivity index (χ2n) is 4.35. The summed E-state index contributed by atoms with van der Waals surface area (Å²) in [5.74, 6) is -0.219. The lowest BCUT2D eigenvalue weighted by Crippen LogP contribution is -2.41. The fourth-order valence-electron chi connectivity index (χ4n) is 1.97. The van der Waals surface area contributed by atoms with Crippen LogP contribution in [-0.2, 0) is 4.74 Å². The standard InChI is InChI=1S/C12H14Cl2N2O2/c1-7-6-8(4-5-18-7)15-12(17)9-2-3-10(13)16-11(9)14/h2-3,7-8H,4-6H2,1H3,(H,15,17). The van der Waals surface area contributed by atoms with Gasteiger partial charge in [-0.15, -0.1) is 0 Å². The zero-order valence-corrected chi connectivity index (χ0v) is 11.5. The van der Waals surface area contributed by atoms with E-state index in [4.69, 9.17) is 27.9 Å². The molecule has 1 N–H and O–H groups in total. The van der Waals surface area contributed by atoms with Crippen molar-refractivity contribution >= 4 is 29.1 Å². The van der Waals surface area contributed by atoms with Gasteiger partial charge in [0, 0.05) is 12.6 Å². The first kappa shape index (κ1) is 13.6. The molecule has 1 aromatic heterocycles. The molecular formula is C12H14Cl2N2O2. The Hall–Kier alpha value is -0.840. The topological polar surface area (TPSA) is 51.2 Å². The van der Waals surface area contributed by atoms with E-state index >= 15 is 0 Å². The first-order valence-corrected chi connectivity index (χ1v) is 6.56. The summed E-state index contributed by atoms with van der Waals surface area (Å²) in [7, 11) is 0. The van der Waals surface area contributed by atoms with Crippen molar-refractivity contribution in [2.75, 3.05) is 6.61 Å². The van der Waals surface area contributed by atoms with Crippen molar-refractivity contribution in [1.82, 2.24) is 10.3 Å². The lowest BCUT2D eigenvalue weighted by atomic mass is 10.0. The molecule has 1 aromatic rings. The Kier molecular flexibility index (Phi) is 4.43. The number of ether oxygens (including phenoxy) is 1. The molecule has 4 nitrogen and oxygen atoms in total. The molecule has 6 heteroatoms. The van der Waals surface area contributed by atoms with Gasteiger partial charge in [-0.1, -0.05) is 23.2 Å². The molecule has 0 spiro atoms. The molecule has 0 saturated carbocycles. The summed E-state index contributed by atoms with van der Waals surface area (Å²) in [6.45, 7) is 2.66. The lowest BCUT2D eigenvalue weighted by molar-refractivity contribution is 0.0136. The van der Waals surface area contributed by atoms with Crippen molar-refractivity contribution in [1.29, 1.82) is 0 Å². The predicted octanol–water partition coefficient (Wildman–Crippen LogP) is 2.69. The fraction of sp³-hybridized carbons (Fsp3) is 0.500. The van der Waals surface area contributed by atoms with Crippen molar-refractivity contribution in [3.8, 4) is 0 Å². The van der Waals surface area contributed by atoms with E-state index < -0.39 is 0 Å². The molecular weight excluding hydrogens is 275 g/mol. The number of carbonyl (C=O) groups excluding carboxylic acids is 1. The van der Waals surface area contributed by atoms with Gasteiger partial charge in [-0.05, 0) is 31.9 Å². The Labute approximate surface area is 116 Å². The Morgan fingerprint density at radius 2 is 2.28 bits per heavy atom. The largest absolute Gasteiger partial charge is 0.378 e. The highest BCUT2D eigenvalue weighted by molar-refractivity contribution is 6.34. The van der Waals surface area contributed by atoms with Crippen molar-refractivity contribution in [3.63, 3.8) is 0 Å². The van der Waals surface area contributed by atoms with E-state index in [-0.39, 0.29) is 28.4 Å². The van der Waals surface area contributed by atoms with Gasteiger partial charge < -0.3 is 10.1 Å². The average Bonchev–Trinajstić information content (AvgIpc) is 2.28. The molecule has 18 heavy (non-hydrogen) atoms. The van der Waals surface area contributed by atoms with Crippen LogP contribution in [0.5, 0.6) is 0 Å². The molecule has 2 unspecified atom stereocenters. The molecule has 1 aliphatic rings. The Bertz CT molecular complexity index is 454. The number of hydrogen-bond acceptors (Lipinski definition) is 3. The monoisotopic (exact) mass is 288 g/mol. The molecule has 0 bridgehead atoms. The minimum atomic E-state index is -0.219. The van der Waals surface area contributed by atoms with Crippen LogP contribution in [0.2, 0.25) is 10.3 Å². The molecule has 2 rings (SSSR count). The number of halogens is 2. The Balaban J connectivity index is 2.03. The predicted molar refractivity (Wildman–Crippen MR) is 70.2 cm³/mol. The molecule has 0 radical (unpaired) electrons. The maximum atomic E-state index is 12.0. The van der Waals surface area contributed by atoms with E-state index in [0.717, 1.165) is 12.8 Å². The van der Waals surface area contributed by atoms with Crippen LogP contribution in [0.3, 0.4) is 0 Å². The Morgan fingerprint density at radius 3 is 2.94 bits per heavy atom. The van der Waals surface area contributed by atoms with Crippen molar-refractivity contribution in [3.05, 3.63) is 28.0 Å². The highest BCUT2D eigenvalue weighted by atomic mass is 35.5. The number of pyridine rings is 1. The first-order valence-electron chi connectivity index (χ1n) is 5.81. The maximum absolute atomic E-state index is 12.0. The van der Waals surface area contributed by atoms with E-state index in [1.807, 2.05) is 6.92 Å². The van der Waals surface area contributed by atoms with E-state index in [1.165, 1.54) is 0 Å². The number of hydrogen-bond donors (Lipinski definition) is 1. The minimum Gasteiger partial charge on any atom is -0.378 e. The summed E-state index contributed by atoms with van der Waals surface area (Å²) in [6.07, 6.45) is 1.79. The molecule has 0 aromatic carbocycles. The quantitative estimate of drug-likeness (QED) is 0.852.